The molecule has 1 saturated heterocycles. The molecule has 2 aromatic rings. The van der Waals surface area contributed by atoms with Crippen LogP contribution in [-0.2, 0) is 11.8 Å². The third kappa shape index (κ3) is 2.72. The molecule has 23 heavy (non-hydrogen) atoms. The standard InChI is InChI=1S/C17H19N3O3/c1-17(16(22)23)8-9-20(11-17)15(21)13-10-19(2)18-14(13)12-6-4-3-5-7-12/h3-7,10H,8-9,11H2,1-2H3,(H,22,23). The summed E-state index contributed by atoms with van der Waals surface area (Å²) in [4.78, 5) is 25.8. The molecule has 1 N–H and O–H groups in total. The summed E-state index contributed by atoms with van der Waals surface area (Å²) in [6.07, 6.45) is 2.16. The van der Waals surface area contributed by atoms with Crippen LogP contribution in [0.2, 0.25) is 0 Å². The number of aryl methyl sites for hydroxylation is 1. The van der Waals surface area contributed by atoms with Gasteiger partial charge in [0.1, 0.15) is 5.69 Å². The second kappa shape index (κ2) is 5.53. The molecule has 0 saturated carbocycles. The summed E-state index contributed by atoms with van der Waals surface area (Å²) < 4.78 is 1.61. The number of aromatic nitrogens is 2. The van der Waals surface area contributed by atoms with E-state index in [1.54, 1.807) is 29.7 Å². The fourth-order valence-corrected chi connectivity index (χ4v) is 2.93. The normalized spacial score (nSPS) is 20.7. The lowest BCUT2D eigenvalue weighted by molar-refractivity contribution is -0.147. The van der Waals surface area contributed by atoms with Gasteiger partial charge in [-0.05, 0) is 13.3 Å². The molecule has 1 amide bonds. The van der Waals surface area contributed by atoms with E-state index in [0.717, 1.165) is 5.56 Å². The zero-order chi connectivity index (χ0) is 16.6. The van der Waals surface area contributed by atoms with Crippen LogP contribution in [0.3, 0.4) is 0 Å². The minimum absolute atomic E-state index is 0.165. The van der Waals surface area contributed by atoms with Crippen LogP contribution in [0.5, 0.6) is 0 Å². The number of carbonyl (C=O) groups is 2. The minimum atomic E-state index is -0.870. The Labute approximate surface area is 134 Å². The maximum Gasteiger partial charge on any atom is 0.311 e. The van der Waals surface area contributed by atoms with E-state index in [0.29, 0.717) is 24.2 Å². The molecule has 120 valence electrons. The van der Waals surface area contributed by atoms with Crippen LogP contribution in [0.15, 0.2) is 36.5 Å². The van der Waals surface area contributed by atoms with Crippen molar-refractivity contribution in [3.63, 3.8) is 0 Å². The Morgan fingerprint density at radius 2 is 1.96 bits per heavy atom. The van der Waals surface area contributed by atoms with E-state index in [-0.39, 0.29) is 12.5 Å². The molecule has 3 rings (SSSR count). The maximum atomic E-state index is 12.8. The summed E-state index contributed by atoms with van der Waals surface area (Å²) in [7, 11) is 1.77. The van der Waals surface area contributed by atoms with Gasteiger partial charge >= 0.3 is 5.97 Å². The molecule has 1 unspecified atom stereocenters. The predicted molar refractivity (Wildman–Crippen MR) is 84.9 cm³/mol. The molecule has 0 spiro atoms. The summed E-state index contributed by atoms with van der Waals surface area (Å²) in [6.45, 7) is 2.36. The highest BCUT2D eigenvalue weighted by molar-refractivity contribution is 6.00. The molecule has 1 fully saturated rings. The quantitative estimate of drug-likeness (QED) is 0.940. The van der Waals surface area contributed by atoms with Crippen LogP contribution >= 0.6 is 0 Å². The number of carbonyl (C=O) groups excluding carboxylic acids is 1. The van der Waals surface area contributed by atoms with Gasteiger partial charge in [-0.1, -0.05) is 30.3 Å². The Morgan fingerprint density at radius 1 is 1.26 bits per heavy atom. The predicted octanol–water partition coefficient (Wildman–Crippen LogP) is 2.02. The van der Waals surface area contributed by atoms with Crippen LogP contribution in [0.25, 0.3) is 11.3 Å². The largest absolute Gasteiger partial charge is 0.481 e. The lowest BCUT2D eigenvalue weighted by Crippen LogP contribution is -2.34. The molecular formula is C17H19N3O3. The monoisotopic (exact) mass is 313 g/mol. The van der Waals surface area contributed by atoms with E-state index < -0.39 is 11.4 Å². The van der Waals surface area contributed by atoms with Crippen molar-refractivity contribution in [1.82, 2.24) is 14.7 Å². The zero-order valence-electron chi connectivity index (χ0n) is 13.2. The fraction of sp³-hybridized carbons (Fsp3) is 0.353. The summed E-state index contributed by atoms with van der Waals surface area (Å²) in [5, 5.41) is 13.7. The van der Waals surface area contributed by atoms with E-state index in [1.807, 2.05) is 30.3 Å². The van der Waals surface area contributed by atoms with Gasteiger partial charge in [0.05, 0.1) is 11.0 Å². The third-order valence-electron chi connectivity index (χ3n) is 4.38. The van der Waals surface area contributed by atoms with Crippen LogP contribution in [0.4, 0.5) is 0 Å². The molecule has 1 aliphatic rings. The third-order valence-corrected chi connectivity index (χ3v) is 4.38. The number of aliphatic carboxylic acids is 1. The Morgan fingerprint density at radius 3 is 2.57 bits per heavy atom. The summed E-state index contributed by atoms with van der Waals surface area (Å²) >= 11 is 0. The average Bonchev–Trinajstić information content (AvgIpc) is 3.12. The van der Waals surface area contributed by atoms with Crippen molar-refractivity contribution >= 4 is 11.9 Å². The highest BCUT2D eigenvalue weighted by Crippen LogP contribution is 2.32. The van der Waals surface area contributed by atoms with Crippen LogP contribution in [0, 0.1) is 5.41 Å². The van der Waals surface area contributed by atoms with Gasteiger partial charge in [0.25, 0.3) is 5.91 Å². The van der Waals surface area contributed by atoms with Gasteiger partial charge in [-0.15, -0.1) is 0 Å². The number of likely N-dealkylation sites (tertiary alicyclic amines) is 1. The van der Waals surface area contributed by atoms with E-state index in [2.05, 4.69) is 5.10 Å². The lowest BCUT2D eigenvalue weighted by Gasteiger charge is -2.20. The highest BCUT2D eigenvalue weighted by Gasteiger charge is 2.42. The topological polar surface area (TPSA) is 75.4 Å². The Hall–Kier alpha value is -2.63. The molecule has 2 heterocycles. The molecule has 1 aromatic carbocycles. The van der Waals surface area contributed by atoms with E-state index in [1.165, 1.54) is 0 Å². The van der Waals surface area contributed by atoms with Crippen molar-refractivity contribution in [3.05, 3.63) is 42.1 Å². The number of carboxylic acid groups (broad SMARTS) is 1. The SMILES string of the molecule is Cn1cc(C(=O)N2CCC(C)(C(=O)O)C2)c(-c2ccccc2)n1. The molecule has 0 radical (unpaired) electrons. The molecule has 6 heteroatoms. The number of hydrogen-bond acceptors (Lipinski definition) is 3. The van der Waals surface area contributed by atoms with E-state index >= 15 is 0 Å². The number of nitrogens with zero attached hydrogens (tertiary/aromatic N) is 3. The van der Waals surface area contributed by atoms with Gasteiger partial charge in [-0.2, -0.15) is 5.10 Å². The van der Waals surface area contributed by atoms with Gasteiger partial charge in [0.2, 0.25) is 0 Å². The van der Waals surface area contributed by atoms with Crippen LogP contribution < -0.4 is 0 Å². The van der Waals surface area contributed by atoms with Crippen molar-refractivity contribution in [2.24, 2.45) is 12.5 Å². The number of carboxylic acids is 1. The Kier molecular flexibility index (Phi) is 3.67. The molecule has 0 aliphatic carbocycles. The van der Waals surface area contributed by atoms with Crippen molar-refractivity contribution < 1.29 is 14.7 Å². The average molecular weight is 313 g/mol. The second-order valence-corrected chi connectivity index (χ2v) is 6.27. The first kappa shape index (κ1) is 15.3. The van der Waals surface area contributed by atoms with Crippen molar-refractivity contribution in [1.29, 1.82) is 0 Å². The van der Waals surface area contributed by atoms with Gasteiger partial charge in [0, 0.05) is 31.9 Å². The molecule has 6 nitrogen and oxygen atoms in total. The van der Waals surface area contributed by atoms with Crippen molar-refractivity contribution in [3.8, 4) is 11.3 Å². The van der Waals surface area contributed by atoms with Crippen molar-refractivity contribution in [2.45, 2.75) is 13.3 Å². The molecule has 1 atom stereocenters. The first-order valence-electron chi connectivity index (χ1n) is 7.52. The zero-order valence-corrected chi connectivity index (χ0v) is 13.2. The number of benzene rings is 1. The number of hydrogen-bond donors (Lipinski definition) is 1. The summed E-state index contributed by atoms with van der Waals surface area (Å²) in [5.74, 6) is -1.02. The first-order chi connectivity index (χ1) is 10.9. The molecule has 0 bridgehead atoms. The molecular weight excluding hydrogens is 294 g/mol. The Bertz CT molecular complexity index is 754. The Balaban J connectivity index is 1.91. The second-order valence-electron chi connectivity index (χ2n) is 6.27. The highest BCUT2D eigenvalue weighted by atomic mass is 16.4. The van der Waals surface area contributed by atoms with Crippen molar-refractivity contribution in [2.75, 3.05) is 13.1 Å². The minimum Gasteiger partial charge on any atom is -0.481 e. The van der Waals surface area contributed by atoms with Crippen LogP contribution in [0.1, 0.15) is 23.7 Å². The molecule has 1 aromatic heterocycles. The van der Waals surface area contributed by atoms with E-state index in [4.69, 9.17) is 0 Å². The van der Waals surface area contributed by atoms with Crippen LogP contribution in [-0.4, -0.2) is 44.8 Å². The van der Waals surface area contributed by atoms with Gasteiger partial charge in [-0.3, -0.25) is 14.3 Å². The first-order valence-corrected chi connectivity index (χ1v) is 7.52. The van der Waals surface area contributed by atoms with E-state index in [9.17, 15) is 14.7 Å². The fourth-order valence-electron chi connectivity index (χ4n) is 2.93. The summed E-state index contributed by atoms with van der Waals surface area (Å²) in [5.41, 5.74) is 1.14. The van der Waals surface area contributed by atoms with Gasteiger partial charge < -0.3 is 10.0 Å². The lowest BCUT2D eigenvalue weighted by atomic mass is 9.90. The maximum absolute atomic E-state index is 12.8. The smallest absolute Gasteiger partial charge is 0.311 e. The summed E-state index contributed by atoms with van der Waals surface area (Å²) in [6, 6.07) is 9.52. The van der Waals surface area contributed by atoms with Gasteiger partial charge in [-0.25, -0.2) is 0 Å². The molecule has 1 aliphatic heterocycles. The number of rotatable bonds is 3. The number of amides is 1. The van der Waals surface area contributed by atoms with Gasteiger partial charge in [0.15, 0.2) is 0 Å².